The predicted octanol–water partition coefficient (Wildman–Crippen LogP) is 0.518. The molecule has 0 heterocycles. The van der Waals surface area contributed by atoms with Gasteiger partial charge in [0.05, 0.1) is 0 Å². The van der Waals surface area contributed by atoms with Crippen molar-refractivity contribution in [3.63, 3.8) is 0 Å². The zero-order valence-corrected chi connectivity index (χ0v) is 5.85. The van der Waals surface area contributed by atoms with Gasteiger partial charge < -0.3 is 0 Å². The van der Waals surface area contributed by atoms with Crippen LogP contribution in [-0.4, -0.2) is 13.0 Å². The first kappa shape index (κ1) is 8.55. The summed E-state index contributed by atoms with van der Waals surface area (Å²) in [6.45, 7) is 2.59. The standard InChI is InChI=1S/C2H3O5PS/c1-2(8(3)4)9(5,6)7/h1H2,(H,5,6,7). The van der Waals surface area contributed by atoms with Crippen LogP contribution >= 0.6 is 7.68 Å². The molecule has 9 heavy (non-hydrogen) atoms. The summed E-state index contributed by atoms with van der Waals surface area (Å²) in [5.74, 6) is 0. The van der Waals surface area contributed by atoms with Crippen LogP contribution in [-0.2, 0) is 19.2 Å². The Bertz CT molecular complexity index is 274. The summed E-state index contributed by atoms with van der Waals surface area (Å²) in [5, 5.41) is 0. The Morgan fingerprint density at radius 2 is 1.78 bits per heavy atom. The summed E-state index contributed by atoms with van der Waals surface area (Å²) >= 11 is 0. The fraction of sp³-hybridized carbons (Fsp3) is 0. The normalized spacial score (nSPS) is 10.8. The van der Waals surface area contributed by atoms with Gasteiger partial charge in [-0.3, -0.25) is 4.55 Å². The highest BCUT2D eigenvalue weighted by Gasteiger charge is 2.15. The molecular formula is C2H3O5PS. The second-order valence-corrected chi connectivity index (χ2v) is 3.93. The van der Waals surface area contributed by atoms with Crippen LogP contribution in [0.1, 0.15) is 0 Å². The van der Waals surface area contributed by atoms with Crippen LogP contribution in [0.2, 0.25) is 0 Å². The molecule has 52 valence electrons. The van der Waals surface area contributed by atoms with Gasteiger partial charge in [0.25, 0.3) is 0 Å². The molecule has 0 aliphatic carbocycles. The highest BCUT2D eigenvalue weighted by molar-refractivity contribution is 7.96. The van der Waals surface area contributed by atoms with E-state index in [9.17, 15) is 17.5 Å². The molecule has 5 nitrogen and oxygen atoms in total. The summed E-state index contributed by atoms with van der Waals surface area (Å²) in [4.78, 5) is 0. The van der Waals surface area contributed by atoms with Crippen molar-refractivity contribution in [1.82, 2.24) is 0 Å². The van der Waals surface area contributed by atoms with Gasteiger partial charge >= 0.3 is 17.8 Å². The third kappa shape index (κ3) is 2.55. The molecule has 1 N–H and O–H groups in total. The lowest BCUT2D eigenvalue weighted by molar-refractivity contribution is 0.490. The van der Waals surface area contributed by atoms with Gasteiger partial charge in [0.1, 0.15) is 0 Å². The minimum Gasteiger partial charge on any atom is -0.281 e. The van der Waals surface area contributed by atoms with E-state index in [1.807, 2.05) is 0 Å². The van der Waals surface area contributed by atoms with Gasteiger partial charge in [-0.2, -0.15) is 8.42 Å². The maximum atomic E-state index is 9.84. The van der Waals surface area contributed by atoms with Gasteiger partial charge in [0, 0.05) is 0 Å². The third-order valence-electron chi connectivity index (χ3n) is 0.501. The molecule has 0 unspecified atom stereocenters. The fourth-order valence-electron chi connectivity index (χ4n) is 0.0942. The zero-order chi connectivity index (χ0) is 7.65. The second-order valence-electron chi connectivity index (χ2n) is 1.13. The maximum absolute atomic E-state index is 9.84. The average Bonchev–Trinajstić information content (AvgIpc) is 1.62. The van der Waals surface area contributed by atoms with E-state index in [4.69, 9.17) is 4.55 Å². The van der Waals surface area contributed by atoms with E-state index in [2.05, 4.69) is 6.58 Å². The molecule has 0 radical (unpaired) electrons. The molecule has 0 bridgehead atoms. The molecule has 0 atom stereocenters. The minimum absolute atomic E-state index is 1.18. The van der Waals surface area contributed by atoms with Gasteiger partial charge in [-0.05, 0) is 0 Å². The van der Waals surface area contributed by atoms with E-state index < -0.39 is 22.4 Å². The molecule has 7 heteroatoms. The Hall–Kier alpha value is -0.450. The largest absolute Gasteiger partial charge is 0.362 e. The number of rotatable bonds is 2. The lowest BCUT2D eigenvalue weighted by Crippen LogP contribution is -1.94. The van der Waals surface area contributed by atoms with Crippen LogP contribution in [0.4, 0.5) is 0 Å². The smallest absolute Gasteiger partial charge is 0.281 e. The van der Waals surface area contributed by atoms with E-state index in [-0.39, 0.29) is 0 Å². The molecule has 0 amide bonds. The maximum Gasteiger partial charge on any atom is 0.362 e. The molecule has 0 spiro atoms. The van der Waals surface area contributed by atoms with Gasteiger partial charge in [-0.15, -0.1) is 0 Å². The van der Waals surface area contributed by atoms with Gasteiger partial charge in [-0.25, -0.2) is 9.13 Å². The molecule has 0 rings (SSSR count). The van der Waals surface area contributed by atoms with Crippen molar-refractivity contribution in [2.45, 2.75) is 0 Å². The molecule has 0 aromatic heterocycles. The van der Waals surface area contributed by atoms with Crippen molar-refractivity contribution in [2.24, 2.45) is 0 Å². The Kier molecular flexibility index (Phi) is 2.31. The molecule has 0 saturated heterocycles. The Morgan fingerprint density at radius 1 is 1.44 bits per heavy atom. The average molecular weight is 170 g/mol. The number of hydrogen-bond donors (Lipinski definition) is 1. The SMILES string of the molecule is C=C(P(=O)=O)S(=O)(=O)O. The van der Waals surface area contributed by atoms with Crippen molar-refractivity contribution in [2.75, 3.05) is 0 Å². The lowest BCUT2D eigenvalue weighted by atomic mass is 11.3. The van der Waals surface area contributed by atoms with Crippen molar-refractivity contribution in [1.29, 1.82) is 0 Å². The fourth-order valence-corrected chi connectivity index (χ4v) is 0.848. The molecule has 0 aliphatic rings. The summed E-state index contributed by atoms with van der Waals surface area (Å²) in [7, 11) is -7.87. The first-order valence-corrected chi connectivity index (χ1v) is 4.28. The third-order valence-corrected chi connectivity index (χ3v) is 2.64. The summed E-state index contributed by atoms with van der Waals surface area (Å²) < 4.78 is 45.9. The summed E-state index contributed by atoms with van der Waals surface area (Å²) in [5.41, 5.74) is 0. The molecule has 0 aliphatic heterocycles. The van der Waals surface area contributed by atoms with Crippen molar-refractivity contribution in [3.05, 3.63) is 11.2 Å². The first-order chi connectivity index (χ1) is 3.85. The zero-order valence-electron chi connectivity index (χ0n) is 4.14. The molecular weight excluding hydrogens is 167 g/mol. The van der Waals surface area contributed by atoms with E-state index >= 15 is 0 Å². The van der Waals surface area contributed by atoms with Crippen LogP contribution in [0.15, 0.2) is 11.2 Å². The van der Waals surface area contributed by atoms with Gasteiger partial charge in [0.2, 0.25) is 0 Å². The van der Waals surface area contributed by atoms with Crippen LogP contribution in [0.3, 0.4) is 0 Å². The number of hydrogen-bond acceptors (Lipinski definition) is 4. The van der Waals surface area contributed by atoms with Crippen LogP contribution in [0.25, 0.3) is 0 Å². The molecule has 0 aromatic rings. The predicted molar refractivity (Wildman–Crippen MR) is 29.0 cm³/mol. The Balaban J connectivity index is 4.88. The second kappa shape index (κ2) is 2.43. The van der Waals surface area contributed by atoms with Crippen LogP contribution in [0, 0.1) is 0 Å². The molecule has 0 aromatic carbocycles. The Labute approximate surface area is 52.0 Å². The monoisotopic (exact) mass is 170 g/mol. The van der Waals surface area contributed by atoms with E-state index in [1.165, 1.54) is 0 Å². The summed E-state index contributed by atoms with van der Waals surface area (Å²) in [6, 6.07) is 0. The van der Waals surface area contributed by atoms with Crippen molar-refractivity contribution < 1.29 is 22.1 Å². The minimum atomic E-state index is -4.59. The lowest BCUT2D eigenvalue weighted by Gasteiger charge is -1.84. The van der Waals surface area contributed by atoms with E-state index in [0.29, 0.717) is 0 Å². The van der Waals surface area contributed by atoms with Crippen LogP contribution in [0.5, 0.6) is 0 Å². The highest BCUT2D eigenvalue weighted by atomic mass is 32.2. The molecule has 0 fully saturated rings. The van der Waals surface area contributed by atoms with Crippen molar-refractivity contribution in [3.8, 4) is 0 Å². The van der Waals surface area contributed by atoms with Gasteiger partial charge in [0.15, 0.2) is 4.65 Å². The van der Waals surface area contributed by atoms with Crippen molar-refractivity contribution >= 4 is 17.8 Å². The topological polar surface area (TPSA) is 88.5 Å². The highest BCUT2D eigenvalue weighted by Crippen LogP contribution is 2.21. The molecule has 0 saturated carbocycles. The summed E-state index contributed by atoms with van der Waals surface area (Å²) in [6.07, 6.45) is 0. The van der Waals surface area contributed by atoms with E-state index in [1.54, 1.807) is 0 Å². The van der Waals surface area contributed by atoms with E-state index in [0.717, 1.165) is 0 Å². The first-order valence-electron chi connectivity index (χ1n) is 1.66. The Morgan fingerprint density at radius 3 is 1.78 bits per heavy atom. The quantitative estimate of drug-likeness (QED) is 0.482. The van der Waals surface area contributed by atoms with Crippen LogP contribution < -0.4 is 0 Å². The van der Waals surface area contributed by atoms with Gasteiger partial charge in [-0.1, -0.05) is 6.58 Å².